The van der Waals surface area contributed by atoms with Crippen LogP contribution in [0.25, 0.3) is 5.57 Å². The van der Waals surface area contributed by atoms with E-state index in [0.717, 1.165) is 60.6 Å². The predicted molar refractivity (Wildman–Crippen MR) is 104 cm³/mol. The van der Waals surface area contributed by atoms with Crippen LogP contribution in [0, 0.1) is 18.3 Å². The van der Waals surface area contributed by atoms with Gasteiger partial charge in [-0.15, -0.1) is 0 Å². The Labute approximate surface area is 155 Å². The van der Waals surface area contributed by atoms with E-state index in [1.165, 1.54) is 18.9 Å². The van der Waals surface area contributed by atoms with Gasteiger partial charge < -0.3 is 21.1 Å². The number of piperidine rings is 1. The maximum absolute atomic E-state index is 10.4. The van der Waals surface area contributed by atoms with E-state index in [1.54, 1.807) is 0 Å². The first-order chi connectivity index (χ1) is 12.5. The number of phenols is 1. The van der Waals surface area contributed by atoms with Crippen molar-refractivity contribution in [2.75, 3.05) is 19.6 Å². The first-order valence-electron chi connectivity index (χ1n) is 9.39. The Morgan fingerprint density at radius 3 is 2.88 bits per heavy atom. The average Bonchev–Trinajstić information content (AvgIpc) is 2.63. The van der Waals surface area contributed by atoms with Gasteiger partial charge in [-0.05, 0) is 74.9 Å². The summed E-state index contributed by atoms with van der Waals surface area (Å²) in [5.41, 5.74) is 10.8. The van der Waals surface area contributed by atoms with Crippen LogP contribution in [0.1, 0.15) is 49.3 Å². The number of allylic oxidation sites excluding steroid dienone is 3. The monoisotopic (exact) mass is 352 g/mol. The number of phenolic OH excluding ortho intramolecular Hbond substituents is 1. The normalized spacial score (nSPS) is 21.7. The number of rotatable bonds is 3. The number of hydrogen-bond acceptors (Lipinski definition) is 5. The van der Waals surface area contributed by atoms with Crippen LogP contribution < -0.4 is 11.1 Å². The van der Waals surface area contributed by atoms with Gasteiger partial charge in [0.15, 0.2) is 0 Å². The van der Waals surface area contributed by atoms with Crippen LogP contribution in [0.3, 0.4) is 0 Å². The fourth-order valence-electron chi connectivity index (χ4n) is 4.18. The molecule has 0 aliphatic carbocycles. The number of aryl methyl sites for hydroxylation is 1. The van der Waals surface area contributed by atoms with E-state index in [9.17, 15) is 5.11 Å². The largest absolute Gasteiger partial charge is 0.507 e. The van der Waals surface area contributed by atoms with Crippen molar-refractivity contribution in [3.63, 3.8) is 0 Å². The summed E-state index contributed by atoms with van der Waals surface area (Å²) in [7, 11) is 0. The highest BCUT2D eigenvalue weighted by atomic mass is 16.3. The van der Waals surface area contributed by atoms with Gasteiger partial charge in [-0.25, -0.2) is 0 Å². The quantitative estimate of drug-likeness (QED) is 0.779. The lowest BCUT2D eigenvalue weighted by atomic mass is 9.94. The minimum absolute atomic E-state index is 0.151. The number of nitrogens with one attached hydrogen (secondary N) is 1. The number of nitriles is 1. The fourth-order valence-corrected chi connectivity index (χ4v) is 4.18. The Bertz CT molecular complexity index is 759. The third kappa shape index (κ3) is 3.71. The molecule has 0 radical (unpaired) electrons. The summed E-state index contributed by atoms with van der Waals surface area (Å²) in [6, 6.07) is 5.89. The van der Waals surface area contributed by atoms with Crippen molar-refractivity contribution in [1.29, 1.82) is 5.26 Å². The molecule has 0 bridgehead atoms. The molecule has 5 heteroatoms. The summed E-state index contributed by atoms with van der Waals surface area (Å²) in [5, 5.41) is 22.9. The van der Waals surface area contributed by atoms with Crippen LogP contribution in [0.4, 0.5) is 0 Å². The number of aromatic hydroxyl groups is 1. The number of nitrogens with two attached hydrogens (primary N) is 1. The maximum Gasteiger partial charge on any atom is 0.124 e. The molecule has 0 amide bonds. The number of nitrogens with zero attached hydrogens (tertiary/aromatic N) is 2. The molecule has 2 aliphatic rings. The van der Waals surface area contributed by atoms with Crippen molar-refractivity contribution < 1.29 is 5.11 Å². The van der Waals surface area contributed by atoms with Crippen molar-refractivity contribution >= 4 is 5.57 Å². The van der Waals surface area contributed by atoms with Crippen LogP contribution in [0.2, 0.25) is 0 Å². The summed E-state index contributed by atoms with van der Waals surface area (Å²) in [6.45, 7) is 7.01. The molecule has 138 valence electrons. The Kier molecular flexibility index (Phi) is 5.53. The highest BCUT2D eigenvalue weighted by Gasteiger charge is 2.25. The Balaban J connectivity index is 1.91. The van der Waals surface area contributed by atoms with Crippen LogP contribution in [-0.2, 0) is 0 Å². The molecular formula is C21H28N4O. The van der Waals surface area contributed by atoms with Gasteiger partial charge in [-0.2, -0.15) is 5.26 Å². The van der Waals surface area contributed by atoms with E-state index >= 15 is 0 Å². The number of benzene rings is 1. The Morgan fingerprint density at radius 1 is 1.42 bits per heavy atom. The van der Waals surface area contributed by atoms with Gasteiger partial charge in [-0.3, -0.25) is 0 Å². The average molecular weight is 352 g/mol. The molecule has 26 heavy (non-hydrogen) atoms. The molecule has 1 aromatic rings. The van der Waals surface area contributed by atoms with Gasteiger partial charge in [0.25, 0.3) is 0 Å². The van der Waals surface area contributed by atoms with Gasteiger partial charge >= 0.3 is 0 Å². The van der Waals surface area contributed by atoms with Gasteiger partial charge in [0.05, 0.1) is 11.6 Å². The topological polar surface area (TPSA) is 85.3 Å². The minimum atomic E-state index is 0.151. The minimum Gasteiger partial charge on any atom is -0.507 e. The molecule has 2 aliphatic heterocycles. The SMILES string of the molecule is C/C(=C\C1=C(N)N([C@H]2CCCNC2)CCC1)c1c(C)cc(C#N)cc1O. The lowest BCUT2D eigenvalue weighted by Crippen LogP contribution is -2.48. The zero-order valence-corrected chi connectivity index (χ0v) is 15.7. The highest BCUT2D eigenvalue weighted by Crippen LogP contribution is 2.32. The first-order valence-corrected chi connectivity index (χ1v) is 9.39. The van der Waals surface area contributed by atoms with E-state index in [4.69, 9.17) is 11.0 Å². The fraction of sp³-hybridized carbons (Fsp3) is 0.476. The predicted octanol–water partition coefficient (Wildman–Crippen LogP) is 2.99. The molecule has 1 aromatic carbocycles. The zero-order chi connectivity index (χ0) is 18.7. The highest BCUT2D eigenvalue weighted by molar-refractivity contribution is 5.74. The van der Waals surface area contributed by atoms with E-state index in [-0.39, 0.29) is 5.75 Å². The summed E-state index contributed by atoms with van der Waals surface area (Å²) >= 11 is 0. The third-order valence-corrected chi connectivity index (χ3v) is 5.42. The summed E-state index contributed by atoms with van der Waals surface area (Å²) in [4.78, 5) is 2.35. The maximum atomic E-state index is 10.4. The standard InChI is InChI=1S/C21H28N4O/c1-14-9-16(12-22)11-19(26)20(14)15(2)10-17-5-4-8-25(21(17)23)18-6-3-7-24-13-18/h9-11,18,24,26H,3-8,13,23H2,1-2H3/b15-10+/t18-/m0/s1. The molecule has 1 saturated heterocycles. The molecule has 0 saturated carbocycles. The van der Waals surface area contributed by atoms with Crippen LogP contribution >= 0.6 is 0 Å². The summed E-state index contributed by atoms with van der Waals surface area (Å²) in [6.07, 6.45) is 6.52. The lowest BCUT2D eigenvalue weighted by Gasteiger charge is -2.39. The van der Waals surface area contributed by atoms with Crippen LogP contribution in [0.15, 0.2) is 29.6 Å². The van der Waals surface area contributed by atoms with Gasteiger partial charge in [0.2, 0.25) is 0 Å². The second-order valence-corrected chi connectivity index (χ2v) is 7.33. The van der Waals surface area contributed by atoms with Gasteiger partial charge in [-0.1, -0.05) is 6.08 Å². The lowest BCUT2D eigenvalue weighted by molar-refractivity contribution is 0.196. The Morgan fingerprint density at radius 2 is 2.23 bits per heavy atom. The third-order valence-electron chi connectivity index (χ3n) is 5.42. The molecule has 0 spiro atoms. The summed E-state index contributed by atoms with van der Waals surface area (Å²) in [5.74, 6) is 1.02. The second-order valence-electron chi connectivity index (χ2n) is 7.33. The molecule has 1 fully saturated rings. The van der Waals surface area contributed by atoms with E-state index < -0.39 is 0 Å². The van der Waals surface area contributed by atoms with Crippen LogP contribution in [0.5, 0.6) is 5.75 Å². The molecule has 3 rings (SSSR count). The molecule has 5 nitrogen and oxygen atoms in total. The zero-order valence-electron chi connectivity index (χ0n) is 15.7. The van der Waals surface area contributed by atoms with Gasteiger partial charge in [0, 0.05) is 24.7 Å². The molecule has 0 unspecified atom stereocenters. The van der Waals surface area contributed by atoms with Crippen molar-refractivity contribution in [2.24, 2.45) is 5.73 Å². The van der Waals surface area contributed by atoms with E-state index in [1.807, 2.05) is 19.9 Å². The number of hydrogen-bond donors (Lipinski definition) is 3. The molecule has 2 heterocycles. The van der Waals surface area contributed by atoms with Gasteiger partial charge in [0.1, 0.15) is 11.6 Å². The first kappa shape index (κ1) is 18.3. The molecule has 1 atom stereocenters. The molecular weight excluding hydrogens is 324 g/mol. The van der Waals surface area contributed by atoms with Crippen molar-refractivity contribution in [2.45, 2.75) is 45.6 Å². The van der Waals surface area contributed by atoms with Crippen molar-refractivity contribution in [3.05, 3.63) is 46.3 Å². The summed E-state index contributed by atoms with van der Waals surface area (Å²) < 4.78 is 0. The Hall–Kier alpha value is -2.45. The van der Waals surface area contributed by atoms with Crippen LogP contribution in [-0.4, -0.2) is 35.7 Å². The van der Waals surface area contributed by atoms with E-state index in [2.05, 4.69) is 22.4 Å². The molecule has 4 N–H and O–H groups in total. The van der Waals surface area contributed by atoms with E-state index in [0.29, 0.717) is 11.6 Å². The molecule has 0 aromatic heterocycles. The van der Waals surface area contributed by atoms with Crippen molar-refractivity contribution in [3.8, 4) is 11.8 Å². The van der Waals surface area contributed by atoms with Crippen molar-refractivity contribution in [1.82, 2.24) is 10.2 Å². The smallest absolute Gasteiger partial charge is 0.124 e. The second kappa shape index (κ2) is 7.84.